The number of benzene rings is 1. The number of nitrogens with zero attached hydrogens (tertiary/aromatic N) is 1. The van der Waals surface area contributed by atoms with Crippen LogP contribution in [-0.2, 0) is 21.2 Å². The van der Waals surface area contributed by atoms with Gasteiger partial charge in [-0.3, -0.25) is 9.52 Å². The molecule has 0 radical (unpaired) electrons. The lowest BCUT2D eigenvalue weighted by Gasteiger charge is -2.09. The van der Waals surface area contributed by atoms with Crippen molar-refractivity contribution in [3.05, 3.63) is 42.4 Å². The summed E-state index contributed by atoms with van der Waals surface area (Å²) in [6.07, 6.45) is 2.89. The second-order valence-corrected chi connectivity index (χ2v) is 6.31. The first-order valence-corrected chi connectivity index (χ1v) is 7.70. The Bertz CT molecular complexity index is 708. The third-order valence-corrected chi connectivity index (χ3v) is 4.24. The quantitative estimate of drug-likeness (QED) is 0.748. The third kappa shape index (κ3) is 3.82. The van der Waals surface area contributed by atoms with Crippen LogP contribution in [0.3, 0.4) is 0 Å². The van der Waals surface area contributed by atoms with Crippen LogP contribution in [0.4, 0.5) is 5.69 Å². The van der Waals surface area contributed by atoms with E-state index in [1.807, 2.05) is 0 Å². The Kier molecular flexibility index (Phi) is 4.27. The van der Waals surface area contributed by atoms with Crippen molar-refractivity contribution in [3.8, 4) is 0 Å². The molecule has 0 aliphatic carbocycles. The largest absolute Gasteiger partial charge is 0.481 e. The number of H-pyrrole nitrogens is 1. The molecule has 0 fully saturated rings. The molecule has 0 saturated heterocycles. The third-order valence-electron chi connectivity index (χ3n) is 2.93. The molecule has 2 rings (SSSR count). The molecule has 1 atom stereocenters. The Morgan fingerprint density at radius 1 is 1.38 bits per heavy atom. The molecule has 0 aliphatic rings. The van der Waals surface area contributed by atoms with Gasteiger partial charge in [0.25, 0.3) is 10.0 Å². The molecule has 21 heavy (non-hydrogen) atoms. The first-order chi connectivity index (χ1) is 9.88. The zero-order valence-electron chi connectivity index (χ0n) is 11.3. The van der Waals surface area contributed by atoms with Crippen molar-refractivity contribution in [1.82, 2.24) is 9.97 Å². The summed E-state index contributed by atoms with van der Waals surface area (Å²) in [6.45, 7) is 1.62. The minimum absolute atomic E-state index is 0.0222. The predicted molar refractivity (Wildman–Crippen MR) is 76.3 cm³/mol. The highest BCUT2D eigenvalue weighted by atomic mass is 32.2. The molecule has 1 heterocycles. The van der Waals surface area contributed by atoms with Crippen LogP contribution >= 0.6 is 0 Å². The minimum Gasteiger partial charge on any atom is -0.481 e. The molecule has 0 saturated carbocycles. The van der Waals surface area contributed by atoms with Gasteiger partial charge in [-0.05, 0) is 24.1 Å². The topological polar surface area (TPSA) is 112 Å². The monoisotopic (exact) mass is 309 g/mol. The Hall–Kier alpha value is -2.35. The summed E-state index contributed by atoms with van der Waals surface area (Å²) in [5.74, 6) is -1.35. The Labute approximate surface area is 122 Å². The number of rotatable bonds is 6. The van der Waals surface area contributed by atoms with E-state index in [9.17, 15) is 13.2 Å². The molecule has 1 aromatic heterocycles. The number of hydrogen-bond donors (Lipinski definition) is 3. The highest BCUT2D eigenvalue weighted by molar-refractivity contribution is 7.92. The zero-order valence-corrected chi connectivity index (χ0v) is 12.1. The van der Waals surface area contributed by atoms with Crippen LogP contribution in [0.15, 0.2) is 41.8 Å². The van der Waals surface area contributed by atoms with Gasteiger partial charge in [0.2, 0.25) is 0 Å². The van der Waals surface area contributed by atoms with E-state index in [0.717, 1.165) is 5.56 Å². The Morgan fingerprint density at radius 2 is 2.05 bits per heavy atom. The standard InChI is InChI=1S/C13H15N3O4S/c1-9(13(17)18)6-10-2-4-11(5-3-10)16-21(19,20)12-7-14-8-15-12/h2-5,7-9,16H,6H2,1H3,(H,14,15)(H,17,18). The van der Waals surface area contributed by atoms with Crippen LogP contribution in [0.25, 0.3) is 0 Å². The smallest absolute Gasteiger partial charge is 0.306 e. The van der Waals surface area contributed by atoms with Gasteiger partial charge in [-0.15, -0.1) is 0 Å². The van der Waals surface area contributed by atoms with Crippen molar-refractivity contribution in [3.63, 3.8) is 0 Å². The average molecular weight is 309 g/mol. The van der Waals surface area contributed by atoms with Crippen LogP contribution in [-0.4, -0.2) is 29.5 Å². The molecular formula is C13H15N3O4S. The minimum atomic E-state index is -3.68. The molecule has 8 heteroatoms. The van der Waals surface area contributed by atoms with Gasteiger partial charge < -0.3 is 10.1 Å². The number of aromatic amines is 1. The maximum Gasteiger partial charge on any atom is 0.306 e. The van der Waals surface area contributed by atoms with Gasteiger partial charge in [0.05, 0.1) is 18.4 Å². The second-order valence-electron chi connectivity index (χ2n) is 4.66. The van der Waals surface area contributed by atoms with Gasteiger partial charge in [-0.1, -0.05) is 19.1 Å². The zero-order chi connectivity index (χ0) is 15.5. The first-order valence-electron chi connectivity index (χ1n) is 6.21. The predicted octanol–water partition coefficient (Wildman–Crippen LogP) is 1.47. The van der Waals surface area contributed by atoms with Crippen molar-refractivity contribution >= 4 is 21.7 Å². The van der Waals surface area contributed by atoms with E-state index in [1.54, 1.807) is 31.2 Å². The van der Waals surface area contributed by atoms with Gasteiger partial charge in [0, 0.05) is 5.69 Å². The molecular weight excluding hydrogens is 294 g/mol. The molecule has 0 amide bonds. The van der Waals surface area contributed by atoms with E-state index in [0.29, 0.717) is 12.1 Å². The number of anilines is 1. The van der Waals surface area contributed by atoms with E-state index in [1.165, 1.54) is 12.5 Å². The number of imidazole rings is 1. The molecule has 112 valence electrons. The maximum atomic E-state index is 12.0. The number of aliphatic carboxylic acids is 1. The summed E-state index contributed by atoms with van der Waals surface area (Å²) in [5, 5.41) is 8.83. The second kappa shape index (κ2) is 5.96. The number of nitrogens with one attached hydrogen (secondary N) is 2. The number of hydrogen-bond acceptors (Lipinski definition) is 4. The molecule has 1 unspecified atom stereocenters. The average Bonchev–Trinajstić information content (AvgIpc) is 2.95. The van der Waals surface area contributed by atoms with E-state index in [4.69, 9.17) is 5.11 Å². The van der Waals surface area contributed by atoms with Crippen LogP contribution in [0.2, 0.25) is 0 Å². The summed E-state index contributed by atoms with van der Waals surface area (Å²) in [7, 11) is -3.68. The first kappa shape index (κ1) is 15.0. The maximum absolute atomic E-state index is 12.0. The van der Waals surface area contributed by atoms with Crippen molar-refractivity contribution in [2.45, 2.75) is 18.4 Å². The van der Waals surface area contributed by atoms with Gasteiger partial charge in [0.15, 0.2) is 5.03 Å². The summed E-state index contributed by atoms with van der Waals surface area (Å²) in [5.41, 5.74) is 1.23. The molecule has 0 aliphatic heterocycles. The molecule has 1 aromatic carbocycles. The SMILES string of the molecule is CC(Cc1ccc(NS(=O)(=O)c2cnc[nH]2)cc1)C(=O)O. The highest BCUT2D eigenvalue weighted by Crippen LogP contribution is 2.16. The molecule has 3 N–H and O–H groups in total. The fourth-order valence-electron chi connectivity index (χ4n) is 1.75. The van der Waals surface area contributed by atoms with Crippen molar-refractivity contribution in [2.75, 3.05) is 4.72 Å². The highest BCUT2D eigenvalue weighted by Gasteiger charge is 2.16. The van der Waals surface area contributed by atoms with Gasteiger partial charge in [0.1, 0.15) is 0 Å². The Balaban J connectivity index is 2.08. The normalized spacial score (nSPS) is 12.8. The summed E-state index contributed by atoms with van der Waals surface area (Å²) in [4.78, 5) is 17.0. The fraction of sp³-hybridized carbons (Fsp3) is 0.231. The van der Waals surface area contributed by atoms with Crippen molar-refractivity contribution in [1.29, 1.82) is 0 Å². The van der Waals surface area contributed by atoms with Gasteiger partial charge in [-0.2, -0.15) is 8.42 Å². The van der Waals surface area contributed by atoms with Gasteiger partial charge in [-0.25, -0.2) is 4.98 Å². The molecule has 7 nitrogen and oxygen atoms in total. The number of carboxylic acid groups (broad SMARTS) is 1. The number of aromatic nitrogens is 2. The molecule has 0 bridgehead atoms. The van der Waals surface area contributed by atoms with Gasteiger partial charge >= 0.3 is 5.97 Å². The number of carbonyl (C=O) groups is 1. The lowest BCUT2D eigenvalue weighted by Crippen LogP contribution is -2.14. The fourth-order valence-corrected chi connectivity index (χ4v) is 2.71. The van der Waals surface area contributed by atoms with Crippen molar-refractivity contribution in [2.24, 2.45) is 5.92 Å². The summed E-state index contributed by atoms with van der Waals surface area (Å²) < 4.78 is 26.3. The number of carboxylic acids is 1. The summed E-state index contributed by atoms with van der Waals surface area (Å²) in [6, 6.07) is 6.59. The van der Waals surface area contributed by atoms with Crippen LogP contribution in [0, 0.1) is 5.92 Å². The Morgan fingerprint density at radius 3 is 2.57 bits per heavy atom. The van der Waals surface area contributed by atoms with Crippen LogP contribution < -0.4 is 4.72 Å². The molecule has 0 spiro atoms. The van der Waals surface area contributed by atoms with E-state index < -0.39 is 21.9 Å². The lowest BCUT2D eigenvalue weighted by atomic mass is 10.0. The summed E-state index contributed by atoms with van der Waals surface area (Å²) >= 11 is 0. The van der Waals surface area contributed by atoms with Crippen molar-refractivity contribution < 1.29 is 18.3 Å². The van der Waals surface area contributed by atoms with Crippen LogP contribution in [0.5, 0.6) is 0 Å². The van der Waals surface area contributed by atoms with Crippen LogP contribution in [0.1, 0.15) is 12.5 Å². The number of sulfonamides is 1. The lowest BCUT2D eigenvalue weighted by molar-refractivity contribution is -0.141. The molecule has 2 aromatic rings. The van der Waals surface area contributed by atoms with E-state index in [-0.39, 0.29) is 5.03 Å². The van der Waals surface area contributed by atoms with E-state index >= 15 is 0 Å². The van der Waals surface area contributed by atoms with E-state index in [2.05, 4.69) is 14.7 Å².